The van der Waals surface area contributed by atoms with Gasteiger partial charge in [0.15, 0.2) is 0 Å². The van der Waals surface area contributed by atoms with Gasteiger partial charge in [0.05, 0.1) is 12.1 Å². The van der Waals surface area contributed by atoms with Crippen LogP contribution in [0.5, 0.6) is 5.75 Å². The zero-order valence-corrected chi connectivity index (χ0v) is 22.6. The monoisotopic (exact) mass is 571 g/mol. The number of ether oxygens (including phenoxy) is 2. The fourth-order valence-electron chi connectivity index (χ4n) is 4.78. The van der Waals surface area contributed by atoms with E-state index in [4.69, 9.17) is 15.2 Å². The fourth-order valence-corrected chi connectivity index (χ4v) is 4.78. The second kappa shape index (κ2) is 12.3. The summed E-state index contributed by atoms with van der Waals surface area (Å²) < 4.78 is 11.0. The van der Waals surface area contributed by atoms with Crippen molar-refractivity contribution < 1.29 is 43.7 Å². The van der Waals surface area contributed by atoms with Gasteiger partial charge in [-0.2, -0.15) is 0 Å². The SMILES string of the molecule is CCOC(=O)N1CCN(C(=O)C(CCC(=O)O)NC(=O)c2cc(OC3(C(=O)O)CCC3)c3cc(N)ccc3n2)CC1. The van der Waals surface area contributed by atoms with Crippen molar-refractivity contribution in [1.82, 2.24) is 20.1 Å². The normalized spacial score (nSPS) is 16.8. The van der Waals surface area contributed by atoms with Gasteiger partial charge in [-0.25, -0.2) is 14.6 Å². The standard InChI is InChI=1S/C27H33N5O9/c1-2-40-26(39)32-12-10-31(11-13-32)24(36)19(6-7-22(33)34)30-23(35)20-15-21(41-27(25(37)38)8-3-9-27)17-14-16(28)4-5-18(17)29-20/h4-5,14-15,19H,2-3,6-13,28H2,1H3,(H,30,35)(H,33,34)(H,37,38). The summed E-state index contributed by atoms with van der Waals surface area (Å²) in [5.41, 5.74) is 5.07. The molecule has 1 saturated heterocycles. The third kappa shape index (κ3) is 6.58. The molecule has 220 valence electrons. The number of nitrogens with one attached hydrogen (secondary N) is 1. The van der Waals surface area contributed by atoms with Gasteiger partial charge in [-0.1, -0.05) is 0 Å². The number of piperazine rings is 1. The van der Waals surface area contributed by atoms with Crippen molar-refractivity contribution in [3.05, 3.63) is 30.0 Å². The number of fused-ring (bicyclic) bond motifs is 1. The molecule has 2 aliphatic rings. The number of aliphatic carboxylic acids is 2. The van der Waals surface area contributed by atoms with Crippen LogP contribution >= 0.6 is 0 Å². The van der Waals surface area contributed by atoms with Crippen molar-refractivity contribution in [1.29, 1.82) is 0 Å². The molecule has 2 fully saturated rings. The number of hydrogen-bond acceptors (Lipinski definition) is 9. The number of hydrogen-bond donors (Lipinski definition) is 4. The van der Waals surface area contributed by atoms with Gasteiger partial charge < -0.3 is 40.5 Å². The minimum absolute atomic E-state index is 0.109. The van der Waals surface area contributed by atoms with Crippen LogP contribution in [0.3, 0.4) is 0 Å². The average molecular weight is 572 g/mol. The molecule has 1 atom stereocenters. The van der Waals surface area contributed by atoms with E-state index in [9.17, 15) is 34.2 Å². The maximum absolute atomic E-state index is 13.4. The lowest BCUT2D eigenvalue weighted by molar-refractivity contribution is -0.163. The molecule has 0 radical (unpaired) electrons. The first-order valence-electron chi connectivity index (χ1n) is 13.4. The van der Waals surface area contributed by atoms with Crippen LogP contribution < -0.4 is 15.8 Å². The first kappa shape index (κ1) is 29.4. The lowest BCUT2D eigenvalue weighted by atomic mass is 9.80. The first-order valence-corrected chi connectivity index (χ1v) is 13.4. The number of nitrogens with zero attached hydrogens (tertiary/aromatic N) is 3. The van der Waals surface area contributed by atoms with Gasteiger partial charge in [-0.15, -0.1) is 0 Å². The van der Waals surface area contributed by atoms with Crippen LogP contribution in [-0.2, 0) is 19.1 Å². The topological polar surface area (TPSA) is 202 Å². The lowest BCUT2D eigenvalue weighted by Gasteiger charge is -2.38. The van der Waals surface area contributed by atoms with Crippen molar-refractivity contribution in [2.75, 3.05) is 38.5 Å². The van der Waals surface area contributed by atoms with E-state index in [-0.39, 0.29) is 57.1 Å². The second-order valence-corrected chi connectivity index (χ2v) is 10.0. The van der Waals surface area contributed by atoms with Gasteiger partial charge >= 0.3 is 18.0 Å². The predicted octanol–water partition coefficient (Wildman–Crippen LogP) is 1.47. The highest BCUT2D eigenvalue weighted by molar-refractivity contribution is 6.00. The highest BCUT2D eigenvalue weighted by Gasteiger charge is 2.47. The van der Waals surface area contributed by atoms with E-state index in [2.05, 4.69) is 10.3 Å². The Morgan fingerprint density at radius 3 is 2.34 bits per heavy atom. The number of carbonyl (C=O) groups excluding carboxylic acids is 3. The van der Waals surface area contributed by atoms with Crippen LogP contribution in [0.1, 0.15) is 49.5 Å². The van der Waals surface area contributed by atoms with Gasteiger partial charge in [-0.05, 0) is 50.8 Å². The van der Waals surface area contributed by atoms with Gasteiger partial charge in [0.1, 0.15) is 17.5 Å². The van der Waals surface area contributed by atoms with Gasteiger partial charge in [-0.3, -0.25) is 14.4 Å². The molecule has 5 N–H and O–H groups in total. The van der Waals surface area contributed by atoms with Crippen molar-refractivity contribution >= 4 is 46.4 Å². The number of rotatable bonds is 10. The van der Waals surface area contributed by atoms with Gasteiger partial charge in [0, 0.05) is 49.7 Å². The smallest absolute Gasteiger partial charge is 0.409 e. The van der Waals surface area contributed by atoms with Gasteiger partial charge in [0.25, 0.3) is 5.91 Å². The number of carboxylic acids is 2. The third-order valence-electron chi connectivity index (χ3n) is 7.25. The van der Waals surface area contributed by atoms with Crippen molar-refractivity contribution in [3.63, 3.8) is 0 Å². The second-order valence-electron chi connectivity index (χ2n) is 10.0. The summed E-state index contributed by atoms with van der Waals surface area (Å²) >= 11 is 0. The Balaban J connectivity index is 1.56. The number of amides is 3. The average Bonchev–Trinajstić information content (AvgIpc) is 2.92. The Bertz CT molecular complexity index is 1350. The van der Waals surface area contributed by atoms with Crippen LogP contribution in [0, 0.1) is 0 Å². The quantitative estimate of drug-likeness (QED) is 0.301. The maximum atomic E-state index is 13.4. The minimum atomic E-state index is -1.43. The summed E-state index contributed by atoms with van der Waals surface area (Å²) in [6.07, 6.45) is 0.235. The first-order chi connectivity index (χ1) is 19.5. The zero-order valence-electron chi connectivity index (χ0n) is 22.6. The molecule has 0 bridgehead atoms. The van der Waals surface area contributed by atoms with Crippen LogP contribution in [0.2, 0.25) is 0 Å². The summed E-state index contributed by atoms with van der Waals surface area (Å²) in [5, 5.41) is 22.0. The highest BCUT2D eigenvalue weighted by Crippen LogP contribution is 2.39. The summed E-state index contributed by atoms with van der Waals surface area (Å²) in [4.78, 5) is 69.3. The number of pyridine rings is 1. The summed E-state index contributed by atoms with van der Waals surface area (Å²) in [6.45, 7) is 2.74. The number of anilines is 1. The highest BCUT2D eigenvalue weighted by atomic mass is 16.6. The molecule has 2 heterocycles. The minimum Gasteiger partial charge on any atom is -0.481 e. The van der Waals surface area contributed by atoms with E-state index in [0.29, 0.717) is 35.9 Å². The molecule has 1 aromatic heterocycles. The zero-order chi connectivity index (χ0) is 29.7. The Labute approximate surface area is 235 Å². The Hall–Kier alpha value is -4.62. The van der Waals surface area contributed by atoms with Crippen molar-refractivity contribution in [3.8, 4) is 5.75 Å². The molecule has 1 aliphatic carbocycles. The van der Waals surface area contributed by atoms with Crippen LogP contribution in [0.15, 0.2) is 24.3 Å². The largest absolute Gasteiger partial charge is 0.481 e. The number of nitrogens with two attached hydrogens (primary N) is 1. The molecular weight excluding hydrogens is 538 g/mol. The predicted molar refractivity (Wildman–Crippen MR) is 144 cm³/mol. The van der Waals surface area contributed by atoms with E-state index in [0.717, 1.165) is 0 Å². The number of aromatic nitrogens is 1. The lowest BCUT2D eigenvalue weighted by Crippen LogP contribution is -2.56. The van der Waals surface area contributed by atoms with E-state index in [1.165, 1.54) is 15.9 Å². The summed E-state index contributed by atoms with van der Waals surface area (Å²) in [6, 6.07) is 4.84. The Kier molecular flexibility index (Phi) is 8.79. The van der Waals surface area contributed by atoms with E-state index < -0.39 is 41.5 Å². The van der Waals surface area contributed by atoms with Crippen LogP contribution in [0.25, 0.3) is 10.9 Å². The molecule has 1 saturated carbocycles. The molecule has 41 heavy (non-hydrogen) atoms. The number of nitrogen functional groups attached to an aromatic ring is 1. The Morgan fingerprint density at radius 2 is 1.76 bits per heavy atom. The summed E-state index contributed by atoms with van der Waals surface area (Å²) in [7, 11) is 0. The molecule has 1 aromatic carbocycles. The number of benzene rings is 1. The van der Waals surface area contributed by atoms with E-state index in [1.54, 1.807) is 25.1 Å². The van der Waals surface area contributed by atoms with E-state index in [1.807, 2.05) is 0 Å². The maximum Gasteiger partial charge on any atom is 0.409 e. The van der Waals surface area contributed by atoms with Crippen molar-refractivity contribution in [2.45, 2.75) is 50.7 Å². The molecule has 14 nitrogen and oxygen atoms in total. The molecule has 3 amide bonds. The molecular formula is C27H33N5O9. The Morgan fingerprint density at radius 1 is 1.07 bits per heavy atom. The van der Waals surface area contributed by atoms with Gasteiger partial charge in [0.2, 0.25) is 11.5 Å². The number of carbonyl (C=O) groups is 5. The summed E-state index contributed by atoms with van der Waals surface area (Å²) in [5.74, 6) is -3.40. The van der Waals surface area contributed by atoms with E-state index >= 15 is 0 Å². The third-order valence-corrected chi connectivity index (χ3v) is 7.25. The molecule has 0 spiro atoms. The van der Waals surface area contributed by atoms with Crippen molar-refractivity contribution in [2.24, 2.45) is 0 Å². The fraction of sp³-hybridized carbons (Fsp3) is 0.481. The number of carboxylic acid groups (broad SMARTS) is 2. The molecule has 4 rings (SSSR count). The molecule has 2 aromatic rings. The molecule has 1 aliphatic heterocycles. The van der Waals surface area contributed by atoms with Crippen LogP contribution in [0.4, 0.5) is 10.5 Å². The molecule has 14 heteroatoms. The molecule has 1 unspecified atom stereocenters. The van der Waals surface area contributed by atoms with Crippen LogP contribution in [-0.4, -0.2) is 99.3 Å².